The van der Waals surface area contributed by atoms with Crippen molar-refractivity contribution in [2.24, 2.45) is 11.7 Å². The molecule has 1 aromatic heterocycles. The summed E-state index contributed by atoms with van der Waals surface area (Å²) in [5.41, 5.74) is 5.96. The van der Waals surface area contributed by atoms with Gasteiger partial charge in [0.15, 0.2) is 0 Å². The molecule has 17 heavy (non-hydrogen) atoms. The molecule has 0 spiro atoms. The van der Waals surface area contributed by atoms with Crippen molar-refractivity contribution >= 4 is 49.1 Å². The molecule has 0 aromatic carbocycles. The SMILES string of the molecule is CC1CC(N)CN(C(=O)c2cc(Br)c(Br)s2)C1. The van der Waals surface area contributed by atoms with E-state index in [0.29, 0.717) is 12.5 Å². The predicted octanol–water partition coefficient (Wildman–Crippen LogP) is 3.08. The molecule has 2 unspecified atom stereocenters. The summed E-state index contributed by atoms with van der Waals surface area (Å²) in [4.78, 5) is 14.9. The zero-order valence-electron chi connectivity index (χ0n) is 9.45. The van der Waals surface area contributed by atoms with Crippen LogP contribution in [-0.4, -0.2) is 29.9 Å². The molecule has 0 saturated carbocycles. The Morgan fingerprint density at radius 3 is 2.76 bits per heavy atom. The maximum atomic E-state index is 12.3. The molecule has 1 aliphatic rings. The maximum Gasteiger partial charge on any atom is 0.264 e. The fraction of sp³-hybridized carbons (Fsp3) is 0.545. The minimum absolute atomic E-state index is 0.0865. The van der Waals surface area contributed by atoms with Gasteiger partial charge in [-0.25, -0.2) is 0 Å². The van der Waals surface area contributed by atoms with Crippen LogP contribution in [0.25, 0.3) is 0 Å². The highest BCUT2D eigenvalue weighted by Gasteiger charge is 2.27. The van der Waals surface area contributed by atoms with E-state index in [9.17, 15) is 4.79 Å². The fourth-order valence-electron chi connectivity index (χ4n) is 2.17. The number of carbonyl (C=O) groups excluding carboxylic acids is 1. The normalized spacial score (nSPS) is 25.1. The lowest BCUT2D eigenvalue weighted by molar-refractivity contribution is 0.0666. The molecule has 2 atom stereocenters. The van der Waals surface area contributed by atoms with Crippen molar-refractivity contribution in [3.8, 4) is 0 Å². The molecule has 2 heterocycles. The minimum atomic E-state index is 0.0865. The summed E-state index contributed by atoms with van der Waals surface area (Å²) in [6.07, 6.45) is 1.00. The number of nitrogens with two attached hydrogens (primary N) is 1. The monoisotopic (exact) mass is 380 g/mol. The van der Waals surface area contributed by atoms with E-state index in [1.165, 1.54) is 11.3 Å². The summed E-state index contributed by atoms with van der Waals surface area (Å²) in [5, 5.41) is 0. The van der Waals surface area contributed by atoms with E-state index in [2.05, 4.69) is 38.8 Å². The molecule has 2 N–H and O–H groups in total. The number of halogens is 2. The van der Waals surface area contributed by atoms with E-state index >= 15 is 0 Å². The molecule has 6 heteroatoms. The average Bonchev–Trinajstić information content (AvgIpc) is 2.57. The lowest BCUT2D eigenvalue weighted by Crippen LogP contribution is -2.48. The number of hydrogen-bond acceptors (Lipinski definition) is 3. The quantitative estimate of drug-likeness (QED) is 0.812. The Hall–Kier alpha value is 0.0900. The molecule has 1 aliphatic heterocycles. The first kappa shape index (κ1) is 13.5. The molecule has 1 saturated heterocycles. The Morgan fingerprint density at radius 1 is 1.53 bits per heavy atom. The van der Waals surface area contributed by atoms with Crippen molar-refractivity contribution in [2.75, 3.05) is 13.1 Å². The van der Waals surface area contributed by atoms with E-state index in [-0.39, 0.29) is 11.9 Å². The van der Waals surface area contributed by atoms with Gasteiger partial charge in [-0.05, 0) is 50.3 Å². The van der Waals surface area contributed by atoms with Gasteiger partial charge < -0.3 is 10.6 Å². The van der Waals surface area contributed by atoms with E-state index in [1.54, 1.807) is 0 Å². The summed E-state index contributed by atoms with van der Waals surface area (Å²) >= 11 is 8.26. The first-order valence-electron chi connectivity index (χ1n) is 5.47. The third-order valence-electron chi connectivity index (χ3n) is 2.84. The van der Waals surface area contributed by atoms with Crippen LogP contribution in [0, 0.1) is 5.92 Å². The van der Waals surface area contributed by atoms with Crippen molar-refractivity contribution < 1.29 is 4.79 Å². The Labute approximate surface area is 122 Å². The molecule has 1 fully saturated rings. The standard InChI is InChI=1S/C11H14Br2N2OS/c1-6-2-7(14)5-15(4-6)11(16)9-3-8(12)10(13)17-9/h3,6-7H,2,4-5,14H2,1H3. The zero-order chi connectivity index (χ0) is 12.6. The number of piperidine rings is 1. The second-order valence-corrected chi connectivity index (χ2v) is 7.77. The smallest absolute Gasteiger partial charge is 0.264 e. The molecule has 0 radical (unpaired) electrons. The van der Waals surface area contributed by atoms with Gasteiger partial charge in [-0.1, -0.05) is 6.92 Å². The number of nitrogens with zero attached hydrogens (tertiary/aromatic N) is 1. The van der Waals surface area contributed by atoms with Gasteiger partial charge in [0.25, 0.3) is 5.91 Å². The third-order valence-corrected chi connectivity index (χ3v) is 6.08. The highest BCUT2D eigenvalue weighted by atomic mass is 79.9. The van der Waals surface area contributed by atoms with Gasteiger partial charge in [0.1, 0.15) is 0 Å². The predicted molar refractivity (Wildman–Crippen MR) is 77.4 cm³/mol. The van der Waals surface area contributed by atoms with Gasteiger partial charge in [0, 0.05) is 23.6 Å². The molecule has 2 rings (SSSR count). The molecule has 94 valence electrons. The van der Waals surface area contributed by atoms with Crippen LogP contribution in [0.1, 0.15) is 23.0 Å². The number of rotatable bonds is 1. The van der Waals surface area contributed by atoms with Gasteiger partial charge >= 0.3 is 0 Å². The number of thiophene rings is 1. The van der Waals surface area contributed by atoms with Gasteiger partial charge in [-0.2, -0.15) is 0 Å². The summed E-state index contributed by atoms with van der Waals surface area (Å²) < 4.78 is 1.88. The van der Waals surface area contributed by atoms with Crippen LogP contribution < -0.4 is 5.73 Å². The van der Waals surface area contributed by atoms with E-state index in [0.717, 1.165) is 26.1 Å². The fourth-order valence-corrected chi connectivity index (χ4v) is 4.18. The minimum Gasteiger partial charge on any atom is -0.336 e. The average molecular weight is 382 g/mol. The second kappa shape index (κ2) is 5.38. The van der Waals surface area contributed by atoms with Gasteiger partial charge in [-0.3, -0.25) is 4.79 Å². The molecule has 1 aromatic rings. The summed E-state index contributed by atoms with van der Waals surface area (Å²) in [5.74, 6) is 0.568. The number of carbonyl (C=O) groups is 1. The Bertz CT molecular complexity index is 406. The van der Waals surface area contributed by atoms with Gasteiger partial charge in [0.05, 0.1) is 8.66 Å². The first-order chi connectivity index (χ1) is 7.97. The van der Waals surface area contributed by atoms with Crippen molar-refractivity contribution in [1.82, 2.24) is 4.90 Å². The molecule has 3 nitrogen and oxygen atoms in total. The van der Waals surface area contributed by atoms with E-state index in [1.807, 2.05) is 11.0 Å². The van der Waals surface area contributed by atoms with Crippen LogP contribution in [-0.2, 0) is 0 Å². The maximum absolute atomic E-state index is 12.3. The summed E-state index contributed by atoms with van der Waals surface area (Å²) in [7, 11) is 0. The Balaban J connectivity index is 2.14. The van der Waals surface area contributed by atoms with Crippen molar-refractivity contribution in [3.05, 3.63) is 19.2 Å². The van der Waals surface area contributed by atoms with E-state index in [4.69, 9.17) is 5.73 Å². The van der Waals surface area contributed by atoms with E-state index < -0.39 is 0 Å². The number of likely N-dealkylation sites (tertiary alicyclic amines) is 1. The third kappa shape index (κ3) is 3.10. The topological polar surface area (TPSA) is 46.3 Å². The zero-order valence-corrected chi connectivity index (χ0v) is 13.4. The number of amides is 1. The first-order valence-corrected chi connectivity index (χ1v) is 7.87. The highest BCUT2D eigenvalue weighted by molar-refractivity contribution is 9.13. The largest absolute Gasteiger partial charge is 0.336 e. The second-order valence-electron chi connectivity index (χ2n) is 4.54. The van der Waals surface area contributed by atoms with Crippen LogP contribution in [0.15, 0.2) is 14.3 Å². The van der Waals surface area contributed by atoms with Crippen LogP contribution in [0.5, 0.6) is 0 Å². The van der Waals surface area contributed by atoms with Crippen molar-refractivity contribution in [3.63, 3.8) is 0 Å². The van der Waals surface area contributed by atoms with Gasteiger partial charge in [-0.15, -0.1) is 11.3 Å². The molecule has 0 bridgehead atoms. The lowest BCUT2D eigenvalue weighted by Gasteiger charge is -2.34. The van der Waals surface area contributed by atoms with Crippen LogP contribution >= 0.6 is 43.2 Å². The summed E-state index contributed by atoms with van der Waals surface area (Å²) in [6.45, 7) is 3.61. The highest BCUT2D eigenvalue weighted by Crippen LogP contribution is 2.33. The number of hydrogen-bond donors (Lipinski definition) is 1. The molecular formula is C11H14Br2N2OS. The molecule has 1 amide bonds. The van der Waals surface area contributed by atoms with Crippen molar-refractivity contribution in [2.45, 2.75) is 19.4 Å². The molecular weight excluding hydrogens is 368 g/mol. The van der Waals surface area contributed by atoms with Crippen molar-refractivity contribution in [1.29, 1.82) is 0 Å². The summed E-state index contributed by atoms with van der Waals surface area (Å²) in [6, 6.07) is 1.97. The van der Waals surface area contributed by atoms with Crippen LogP contribution in [0.3, 0.4) is 0 Å². The van der Waals surface area contributed by atoms with Crippen LogP contribution in [0.4, 0.5) is 0 Å². The van der Waals surface area contributed by atoms with Gasteiger partial charge in [0.2, 0.25) is 0 Å². The Kier molecular flexibility index (Phi) is 4.28. The Morgan fingerprint density at radius 2 is 2.24 bits per heavy atom. The molecule has 0 aliphatic carbocycles. The lowest BCUT2D eigenvalue weighted by atomic mass is 9.96. The van der Waals surface area contributed by atoms with Crippen LogP contribution in [0.2, 0.25) is 0 Å².